The van der Waals surface area contributed by atoms with Crippen LogP contribution in [0.25, 0.3) is 10.9 Å². The minimum absolute atomic E-state index is 0.409. The van der Waals surface area contributed by atoms with Gasteiger partial charge in [0, 0.05) is 23.6 Å². The smallest absolute Gasteiger partial charge is 0.256 e. The van der Waals surface area contributed by atoms with E-state index < -0.39 is 7.37 Å². The Labute approximate surface area is 202 Å². The maximum absolute atomic E-state index is 14.4. The van der Waals surface area contributed by atoms with E-state index in [0.717, 1.165) is 40.7 Å². The highest BCUT2D eigenvalue weighted by atomic mass is 31.2. The molecule has 1 fully saturated rings. The predicted molar refractivity (Wildman–Crippen MR) is 141 cm³/mol. The molecule has 5 rings (SSSR count). The van der Waals surface area contributed by atoms with Crippen LogP contribution in [0.4, 0.5) is 0 Å². The molecule has 0 atom stereocenters. The molecular weight excluding hydrogens is 439 g/mol. The third-order valence-corrected chi connectivity index (χ3v) is 8.92. The summed E-state index contributed by atoms with van der Waals surface area (Å²) in [5, 5.41) is 1.07. The van der Waals surface area contributed by atoms with Crippen molar-refractivity contribution in [3.05, 3.63) is 102 Å². The van der Waals surface area contributed by atoms with Gasteiger partial charge in [0.25, 0.3) is 7.37 Å². The van der Waals surface area contributed by atoms with Crippen LogP contribution in [0, 0.1) is 0 Å². The van der Waals surface area contributed by atoms with Crippen molar-refractivity contribution in [3.8, 4) is 5.75 Å². The van der Waals surface area contributed by atoms with Gasteiger partial charge in [-0.15, -0.1) is 0 Å². The summed E-state index contributed by atoms with van der Waals surface area (Å²) in [5.74, 6) is 0.725. The standard InChI is InChI=1S/C29H33N2O2P/c32-34(22-24-11-4-1-5-12-24,23-25-13-6-2-7-14-25)33-28-16-10-15-27-29(28)26(21-30-27)17-20-31-18-8-3-9-19-31/h1-2,4-7,10-16,21,30H,3,8-9,17-20,22-23H2. The molecule has 2 heterocycles. The van der Waals surface area contributed by atoms with Crippen LogP contribution < -0.4 is 4.52 Å². The number of fused-ring (bicyclic) bond motifs is 1. The minimum Gasteiger partial charge on any atom is -0.442 e. The van der Waals surface area contributed by atoms with Crippen molar-refractivity contribution in [2.24, 2.45) is 0 Å². The van der Waals surface area contributed by atoms with Gasteiger partial charge in [0.05, 0.1) is 12.3 Å². The van der Waals surface area contributed by atoms with Crippen molar-refractivity contribution in [2.45, 2.75) is 38.0 Å². The first-order chi connectivity index (χ1) is 16.7. The molecule has 0 unspecified atom stereocenters. The van der Waals surface area contributed by atoms with E-state index in [4.69, 9.17) is 4.52 Å². The fourth-order valence-electron chi connectivity index (χ4n) is 4.98. The summed E-state index contributed by atoms with van der Waals surface area (Å²) in [7, 11) is -3.05. The molecule has 0 amide bonds. The van der Waals surface area contributed by atoms with Crippen LogP contribution in [0.15, 0.2) is 85.1 Å². The minimum atomic E-state index is -3.05. The fourth-order valence-corrected chi connectivity index (χ4v) is 7.26. The van der Waals surface area contributed by atoms with E-state index in [9.17, 15) is 4.57 Å². The molecule has 1 aromatic heterocycles. The van der Waals surface area contributed by atoms with Gasteiger partial charge in [0.1, 0.15) is 5.75 Å². The molecule has 0 spiro atoms. The highest BCUT2D eigenvalue weighted by molar-refractivity contribution is 7.57. The van der Waals surface area contributed by atoms with E-state index in [-0.39, 0.29) is 0 Å². The SMILES string of the molecule is O=P(Cc1ccccc1)(Cc1ccccc1)Oc1cccc2[nH]cc(CCN3CCCCC3)c12. The first-order valence-corrected chi connectivity index (χ1v) is 14.3. The molecule has 4 aromatic rings. The van der Waals surface area contributed by atoms with E-state index in [1.54, 1.807) is 0 Å². The van der Waals surface area contributed by atoms with Crippen molar-refractivity contribution in [1.82, 2.24) is 9.88 Å². The van der Waals surface area contributed by atoms with Crippen molar-refractivity contribution in [2.75, 3.05) is 19.6 Å². The van der Waals surface area contributed by atoms with Crippen LogP contribution in [0.1, 0.15) is 36.0 Å². The van der Waals surface area contributed by atoms with E-state index in [1.165, 1.54) is 37.9 Å². The molecular formula is C29H33N2O2P. The van der Waals surface area contributed by atoms with Gasteiger partial charge in [-0.1, -0.05) is 73.2 Å². The van der Waals surface area contributed by atoms with Gasteiger partial charge in [0.15, 0.2) is 0 Å². The second-order valence-corrected chi connectivity index (χ2v) is 11.8. The zero-order chi connectivity index (χ0) is 23.2. The Bertz CT molecular complexity index is 1200. The van der Waals surface area contributed by atoms with Crippen LogP contribution in [-0.2, 0) is 23.3 Å². The molecule has 0 aliphatic carbocycles. The number of H-pyrrole nitrogens is 1. The first kappa shape index (κ1) is 23.0. The molecule has 3 aromatic carbocycles. The molecule has 1 N–H and O–H groups in total. The first-order valence-electron chi connectivity index (χ1n) is 12.4. The molecule has 1 aliphatic heterocycles. The Morgan fingerprint density at radius 3 is 2.09 bits per heavy atom. The summed E-state index contributed by atoms with van der Waals surface area (Å²) in [6, 6.07) is 26.1. The predicted octanol–water partition coefficient (Wildman–Crippen LogP) is 7.25. The number of rotatable bonds is 9. The van der Waals surface area contributed by atoms with Gasteiger partial charge in [0.2, 0.25) is 0 Å². The number of piperidine rings is 1. The normalized spacial score (nSPS) is 14.9. The van der Waals surface area contributed by atoms with Crippen LogP contribution in [0.2, 0.25) is 0 Å². The van der Waals surface area contributed by atoms with Crippen LogP contribution in [-0.4, -0.2) is 29.5 Å². The molecule has 0 radical (unpaired) electrons. The Morgan fingerprint density at radius 2 is 1.44 bits per heavy atom. The molecule has 5 heteroatoms. The molecule has 176 valence electrons. The Balaban J connectivity index is 1.44. The molecule has 0 saturated carbocycles. The van der Waals surface area contributed by atoms with Gasteiger partial charge in [-0.25, -0.2) is 0 Å². The van der Waals surface area contributed by atoms with Crippen molar-refractivity contribution < 1.29 is 9.09 Å². The molecule has 0 bridgehead atoms. The third-order valence-electron chi connectivity index (χ3n) is 6.69. The van der Waals surface area contributed by atoms with Gasteiger partial charge in [-0.3, -0.25) is 4.57 Å². The summed E-state index contributed by atoms with van der Waals surface area (Å²) >= 11 is 0. The number of nitrogens with zero attached hydrogens (tertiary/aromatic N) is 1. The summed E-state index contributed by atoms with van der Waals surface area (Å²) in [5.41, 5.74) is 4.35. The van der Waals surface area contributed by atoms with Crippen LogP contribution in [0.5, 0.6) is 5.75 Å². The van der Waals surface area contributed by atoms with Gasteiger partial charge < -0.3 is 14.4 Å². The van der Waals surface area contributed by atoms with E-state index >= 15 is 0 Å². The van der Waals surface area contributed by atoms with Crippen molar-refractivity contribution in [3.63, 3.8) is 0 Å². The molecule has 34 heavy (non-hydrogen) atoms. The quantitative estimate of drug-likeness (QED) is 0.261. The zero-order valence-electron chi connectivity index (χ0n) is 19.7. The number of likely N-dealkylation sites (tertiary alicyclic amines) is 1. The van der Waals surface area contributed by atoms with Gasteiger partial charge >= 0.3 is 0 Å². The number of nitrogens with one attached hydrogen (secondary N) is 1. The summed E-state index contributed by atoms with van der Waals surface area (Å²) in [6.45, 7) is 3.43. The summed E-state index contributed by atoms with van der Waals surface area (Å²) in [4.78, 5) is 5.97. The van der Waals surface area contributed by atoms with Gasteiger partial charge in [-0.05, 0) is 61.2 Å². The summed E-state index contributed by atoms with van der Waals surface area (Å²) < 4.78 is 20.9. The van der Waals surface area contributed by atoms with E-state index in [2.05, 4.69) is 22.1 Å². The number of hydrogen-bond donors (Lipinski definition) is 1. The summed E-state index contributed by atoms with van der Waals surface area (Å²) in [6.07, 6.45) is 7.82. The third kappa shape index (κ3) is 5.63. The number of benzene rings is 3. The largest absolute Gasteiger partial charge is 0.442 e. The van der Waals surface area contributed by atoms with Crippen LogP contribution in [0.3, 0.4) is 0 Å². The molecule has 1 aliphatic rings. The maximum atomic E-state index is 14.4. The van der Waals surface area contributed by atoms with Crippen LogP contribution >= 0.6 is 7.37 Å². The Kier molecular flexibility index (Phi) is 7.18. The monoisotopic (exact) mass is 472 g/mol. The lowest BCUT2D eigenvalue weighted by Gasteiger charge is -2.26. The van der Waals surface area contributed by atoms with E-state index in [1.807, 2.05) is 72.8 Å². The number of aromatic amines is 1. The second kappa shape index (κ2) is 10.6. The second-order valence-electron chi connectivity index (χ2n) is 9.34. The Hall–Kier alpha value is -2.81. The lowest BCUT2D eigenvalue weighted by Crippen LogP contribution is -2.31. The highest BCUT2D eigenvalue weighted by Crippen LogP contribution is 2.54. The highest BCUT2D eigenvalue weighted by Gasteiger charge is 2.27. The fraction of sp³-hybridized carbons (Fsp3) is 0.310. The van der Waals surface area contributed by atoms with E-state index in [0.29, 0.717) is 12.3 Å². The maximum Gasteiger partial charge on any atom is 0.256 e. The Morgan fingerprint density at radius 1 is 0.794 bits per heavy atom. The topological polar surface area (TPSA) is 45.3 Å². The molecule has 4 nitrogen and oxygen atoms in total. The lowest BCUT2D eigenvalue weighted by molar-refractivity contribution is 0.231. The molecule has 1 saturated heterocycles. The lowest BCUT2D eigenvalue weighted by atomic mass is 10.1. The van der Waals surface area contributed by atoms with Gasteiger partial charge in [-0.2, -0.15) is 0 Å². The number of hydrogen-bond acceptors (Lipinski definition) is 3. The van der Waals surface area contributed by atoms with Crippen molar-refractivity contribution in [1.29, 1.82) is 0 Å². The average Bonchev–Trinajstić information content (AvgIpc) is 3.29. The zero-order valence-corrected chi connectivity index (χ0v) is 20.6. The number of aromatic nitrogens is 1. The average molecular weight is 473 g/mol. The van der Waals surface area contributed by atoms with Crippen molar-refractivity contribution >= 4 is 18.3 Å².